The fraction of sp³-hybridized carbons (Fsp3) is 0.280. The van der Waals surface area contributed by atoms with Gasteiger partial charge in [0, 0.05) is 17.3 Å². The van der Waals surface area contributed by atoms with E-state index >= 15 is 0 Å². The van der Waals surface area contributed by atoms with Gasteiger partial charge in [-0.25, -0.2) is 8.91 Å². The third-order valence-electron chi connectivity index (χ3n) is 5.33. The second-order valence-electron chi connectivity index (χ2n) is 9.27. The Bertz CT molecular complexity index is 1390. The first-order valence-electron chi connectivity index (χ1n) is 11.2. The molecule has 0 unspecified atom stereocenters. The molecule has 1 aromatic carbocycles. The number of hydrogen-bond donors (Lipinski definition) is 3. The van der Waals surface area contributed by atoms with Gasteiger partial charge in [0.05, 0.1) is 16.5 Å². The van der Waals surface area contributed by atoms with Gasteiger partial charge < -0.3 is 16.4 Å². The Hall–Kier alpha value is -3.79. The Morgan fingerprint density at radius 3 is 2.51 bits per heavy atom. The van der Waals surface area contributed by atoms with Crippen molar-refractivity contribution >= 4 is 34.7 Å². The number of thiophene rings is 1. The molecule has 10 heteroatoms. The summed E-state index contributed by atoms with van der Waals surface area (Å²) in [5, 5.41) is 12.0. The van der Waals surface area contributed by atoms with Crippen molar-refractivity contribution in [3.8, 4) is 11.1 Å². The number of fused-ring (bicyclic) bond motifs is 1. The summed E-state index contributed by atoms with van der Waals surface area (Å²) in [5.74, 6) is -0.785. The van der Waals surface area contributed by atoms with Gasteiger partial charge in [0.15, 0.2) is 5.65 Å². The van der Waals surface area contributed by atoms with Crippen molar-refractivity contribution in [1.82, 2.24) is 25.2 Å². The van der Waals surface area contributed by atoms with Gasteiger partial charge in [-0.3, -0.25) is 9.59 Å². The molecule has 8 nitrogen and oxygen atoms in total. The number of nitrogens with two attached hydrogens (primary N) is 1. The zero-order valence-electron chi connectivity index (χ0n) is 19.9. The number of aromatic nitrogens is 3. The monoisotopic (exact) mass is 494 g/mol. The summed E-state index contributed by atoms with van der Waals surface area (Å²) in [6.45, 7) is 7.63. The van der Waals surface area contributed by atoms with Crippen molar-refractivity contribution in [1.29, 1.82) is 0 Å². The first-order valence-corrected chi connectivity index (χ1v) is 12.1. The number of benzene rings is 1. The van der Waals surface area contributed by atoms with E-state index in [4.69, 9.17) is 5.73 Å². The molecule has 0 bridgehead atoms. The van der Waals surface area contributed by atoms with E-state index in [2.05, 4.69) is 20.7 Å². The minimum absolute atomic E-state index is 0.0590. The normalized spacial score (nSPS) is 12.5. The number of pyridine rings is 1. The van der Waals surface area contributed by atoms with Crippen LogP contribution in [-0.4, -0.2) is 32.0 Å². The van der Waals surface area contributed by atoms with Crippen LogP contribution in [0.3, 0.4) is 0 Å². The Labute approximate surface area is 206 Å². The predicted molar refractivity (Wildman–Crippen MR) is 135 cm³/mol. The van der Waals surface area contributed by atoms with Crippen LogP contribution in [0.5, 0.6) is 0 Å². The van der Waals surface area contributed by atoms with Gasteiger partial charge in [-0.1, -0.05) is 19.1 Å². The molecule has 0 fully saturated rings. The van der Waals surface area contributed by atoms with E-state index in [1.54, 1.807) is 30.5 Å². The molecule has 0 saturated carbocycles. The molecule has 0 spiro atoms. The van der Waals surface area contributed by atoms with E-state index in [9.17, 15) is 14.0 Å². The summed E-state index contributed by atoms with van der Waals surface area (Å²) in [6, 6.07) is 9.36. The van der Waals surface area contributed by atoms with Crippen LogP contribution in [0, 0.1) is 5.82 Å². The SMILES string of the molecule is CC[C@H](NC(=O)c1cc(-c2cc(C(=O)NC(C)(C)C)c3nc(N)nn3c2)cs1)c1ccc(F)cc1. The number of anilines is 1. The smallest absolute Gasteiger partial charge is 0.261 e. The van der Waals surface area contributed by atoms with E-state index in [0.717, 1.165) is 11.1 Å². The van der Waals surface area contributed by atoms with Crippen molar-refractivity contribution in [3.05, 3.63) is 69.8 Å². The molecule has 0 aliphatic heterocycles. The van der Waals surface area contributed by atoms with Crippen molar-refractivity contribution in [2.24, 2.45) is 0 Å². The Balaban J connectivity index is 1.62. The van der Waals surface area contributed by atoms with Gasteiger partial charge in [0.2, 0.25) is 5.95 Å². The number of carbonyl (C=O) groups excluding carboxylic acids is 2. The number of nitrogens with one attached hydrogen (secondary N) is 2. The summed E-state index contributed by atoms with van der Waals surface area (Å²) < 4.78 is 14.7. The van der Waals surface area contributed by atoms with Crippen molar-refractivity contribution < 1.29 is 14.0 Å². The van der Waals surface area contributed by atoms with E-state index in [1.807, 2.05) is 33.1 Å². The molecule has 0 saturated heterocycles. The summed E-state index contributed by atoms with van der Waals surface area (Å²) in [6.07, 6.45) is 2.38. The number of hydrogen-bond acceptors (Lipinski definition) is 6. The number of carbonyl (C=O) groups is 2. The third-order valence-corrected chi connectivity index (χ3v) is 6.25. The van der Waals surface area contributed by atoms with E-state index in [1.165, 1.54) is 28.0 Å². The minimum Gasteiger partial charge on any atom is -0.366 e. The van der Waals surface area contributed by atoms with E-state index < -0.39 is 5.54 Å². The molecule has 4 aromatic rings. The average Bonchev–Trinajstić information content (AvgIpc) is 3.42. The highest BCUT2D eigenvalue weighted by Gasteiger charge is 2.22. The molecule has 1 atom stereocenters. The molecule has 0 aliphatic carbocycles. The first-order chi connectivity index (χ1) is 16.5. The third kappa shape index (κ3) is 5.48. The minimum atomic E-state index is -0.441. The highest BCUT2D eigenvalue weighted by molar-refractivity contribution is 7.12. The van der Waals surface area contributed by atoms with Crippen molar-refractivity contribution in [2.45, 2.75) is 45.7 Å². The predicted octanol–water partition coefficient (Wildman–Crippen LogP) is 4.59. The maximum absolute atomic E-state index is 13.3. The second kappa shape index (κ2) is 9.46. The highest BCUT2D eigenvalue weighted by Crippen LogP contribution is 2.29. The molecule has 0 aliphatic rings. The van der Waals surface area contributed by atoms with Crippen LogP contribution in [0.4, 0.5) is 10.3 Å². The molecule has 4 N–H and O–H groups in total. The molecule has 3 heterocycles. The van der Waals surface area contributed by atoms with E-state index in [-0.39, 0.29) is 29.6 Å². The van der Waals surface area contributed by atoms with Gasteiger partial charge in [-0.2, -0.15) is 4.98 Å². The molecular formula is C25H27FN6O2S. The molecule has 182 valence electrons. The number of nitrogen functional groups attached to an aromatic ring is 1. The van der Waals surface area contributed by atoms with Crippen LogP contribution in [-0.2, 0) is 0 Å². The van der Waals surface area contributed by atoms with Crippen LogP contribution in [0.1, 0.15) is 65.8 Å². The lowest BCUT2D eigenvalue weighted by molar-refractivity contribution is 0.0917. The molecule has 4 rings (SSSR count). The van der Waals surface area contributed by atoms with Gasteiger partial charge in [-0.05, 0) is 68.0 Å². The molecule has 3 aromatic heterocycles. The average molecular weight is 495 g/mol. The maximum Gasteiger partial charge on any atom is 0.261 e. The topological polar surface area (TPSA) is 114 Å². The molecule has 35 heavy (non-hydrogen) atoms. The Morgan fingerprint density at radius 2 is 1.86 bits per heavy atom. The molecule has 0 radical (unpaired) electrons. The molecular weight excluding hydrogens is 467 g/mol. The Morgan fingerprint density at radius 1 is 1.14 bits per heavy atom. The summed E-state index contributed by atoms with van der Waals surface area (Å²) >= 11 is 1.29. The zero-order valence-corrected chi connectivity index (χ0v) is 20.7. The fourth-order valence-electron chi connectivity index (χ4n) is 3.69. The second-order valence-corrected chi connectivity index (χ2v) is 10.2. The van der Waals surface area contributed by atoms with Gasteiger partial charge in [0.25, 0.3) is 11.8 Å². The first kappa shape index (κ1) is 24.3. The lowest BCUT2D eigenvalue weighted by Gasteiger charge is -2.20. The largest absolute Gasteiger partial charge is 0.366 e. The highest BCUT2D eigenvalue weighted by atomic mass is 32.1. The van der Waals surface area contributed by atoms with Gasteiger partial charge in [-0.15, -0.1) is 16.4 Å². The summed E-state index contributed by atoms with van der Waals surface area (Å²) in [7, 11) is 0. The lowest BCUT2D eigenvalue weighted by atomic mass is 10.0. The zero-order chi connectivity index (χ0) is 25.3. The lowest BCUT2D eigenvalue weighted by Crippen LogP contribution is -2.40. The van der Waals surface area contributed by atoms with E-state index in [0.29, 0.717) is 28.1 Å². The maximum atomic E-state index is 13.3. The summed E-state index contributed by atoms with van der Waals surface area (Å²) in [4.78, 5) is 30.6. The number of halogens is 1. The number of rotatable bonds is 6. The summed E-state index contributed by atoms with van der Waals surface area (Å²) in [5.41, 5.74) is 8.33. The van der Waals surface area contributed by atoms with Crippen LogP contribution in [0.25, 0.3) is 16.8 Å². The van der Waals surface area contributed by atoms with Gasteiger partial charge in [0.1, 0.15) is 5.82 Å². The standard InChI is InChI=1S/C25H27FN6O2S/c1-5-19(14-6-8-17(26)9-7-14)28-23(34)20-11-16(13-35-20)15-10-18(22(33)30-25(2,3)4)21-29-24(27)31-32(21)12-15/h6-13,19H,5H2,1-4H3,(H2,27,31)(H,28,34)(H,30,33)/t19-/m0/s1. The quantitative estimate of drug-likeness (QED) is 0.363. The van der Waals surface area contributed by atoms with Crippen molar-refractivity contribution in [2.75, 3.05) is 5.73 Å². The fourth-order valence-corrected chi connectivity index (χ4v) is 4.51. The number of nitrogens with zero attached hydrogens (tertiary/aromatic N) is 3. The number of amides is 2. The van der Waals surface area contributed by atoms with Gasteiger partial charge >= 0.3 is 0 Å². The van der Waals surface area contributed by atoms with Crippen LogP contribution in [0.2, 0.25) is 0 Å². The molecule has 2 amide bonds. The Kier molecular flexibility index (Phi) is 6.58. The van der Waals surface area contributed by atoms with Crippen LogP contribution >= 0.6 is 11.3 Å². The van der Waals surface area contributed by atoms with Crippen LogP contribution < -0.4 is 16.4 Å². The van der Waals surface area contributed by atoms with Crippen molar-refractivity contribution in [3.63, 3.8) is 0 Å². The van der Waals surface area contributed by atoms with Crippen LogP contribution in [0.15, 0.2) is 48.0 Å².